The largest absolute Gasteiger partial charge is 0.465 e. The molecule has 7 heterocycles. The molecule has 0 saturated carbocycles. The molecule has 2 bridgehead atoms. The van der Waals surface area contributed by atoms with E-state index < -0.39 is 53.9 Å². The number of nitrogens with zero attached hydrogens (tertiary/aromatic N) is 6. The minimum Gasteiger partial charge on any atom is -0.465 e. The van der Waals surface area contributed by atoms with E-state index in [2.05, 4.69) is 27.4 Å². The van der Waals surface area contributed by atoms with Crippen LogP contribution in [0.15, 0.2) is 42.5 Å². The number of terminal acetylenes is 1. The van der Waals surface area contributed by atoms with Crippen LogP contribution in [-0.2, 0) is 0 Å². The van der Waals surface area contributed by atoms with Crippen LogP contribution in [0.25, 0.3) is 32.9 Å². The maximum Gasteiger partial charge on any atom is 0.407 e. The van der Waals surface area contributed by atoms with E-state index in [1.54, 1.807) is 17.0 Å². The lowest BCUT2D eigenvalue weighted by atomic mass is 9.91. The van der Waals surface area contributed by atoms with Gasteiger partial charge in [-0.15, -0.1) is 6.42 Å². The predicted octanol–water partition coefficient (Wildman–Crippen LogP) is 6.00. The van der Waals surface area contributed by atoms with Crippen LogP contribution in [0.2, 0.25) is 0 Å². The predicted molar refractivity (Wildman–Crippen MR) is 179 cm³/mol. The third-order valence-electron chi connectivity index (χ3n) is 11.5. The molecule has 4 aromatic rings. The van der Waals surface area contributed by atoms with Gasteiger partial charge in [-0.1, -0.05) is 42.3 Å². The maximum absolute atomic E-state index is 17.2. The number of hydrogen-bond acceptors (Lipinski definition) is 8. The standard InChI is InChI=1S/C37H32F4N6O4/c1-3-21-23(38)10-8-19-6-4-7-22(25(19)21)28-27(39)29-26-33(44-35(43-29)50-17-37-13-5-14-45(37)15-12-18(37)2)46-16-20-9-11-24(47(20)36(48)49)30(46)31(32(40)41)51-34(26)42-28/h1,4,6-8,10,20,24,30-32H,2,5,9,11-17H2,(H,48,49)/t20-,24+,30+,31+,37+/m1/s1. The fourth-order valence-electron chi connectivity index (χ4n) is 9.25. The summed E-state index contributed by atoms with van der Waals surface area (Å²) >= 11 is 0. The number of amides is 1. The van der Waals surface area contributed by atoms with Gasteiger partial charge < -0.3 is 19.5 Å². The van der Waals surface area contributed by atoms with Crippen LogP contribution in [0, 0.1) is 24.0 Å². The highest BCUT2D eigenvalue weighted by molar-refractivity contribution is 6.03. The molecule has 5 atom stereocenters. The van der Waals surface area contributed by atoms with E-state index in [-0.39, 0.29) is 64.0 Å². The number of benzene rings is 2. The minimum atomic E-state index is -3.09. The number of hydrogen-bond donors (Lipinski definition) is 1. The molecule has 4 saturated heterocycles. The number of anilines is 1. The van der Waals surface area contributed by atoms with E-state index in [4.69, 9.17) is 20.9 Å². The summed E-state index contributed by atoms with van der Waals surface area (Å²) in [5.74, 6) is 0.423. The molecule has 5 aliphatic heterocycles. The second kappa shape index (κ2) is 11.4. The van der Waals surface area contributed by atoms with Crippen LogP contribution in [-0.4, -0.2) is 98.4 Å². The average Bonchev–Trinajstić information content (AvgIpc) is 3.75. The van der Waals surface area contributed by atoms with Gasteiger partial charge in [0.25, 0.3) is 6.43 Å². The first-order valence-corrected chi connectivity index (χ1v) is 17.0. The lowest BCUT2D eigenvalue weighted by Crippen LogP contribution is -2.66. The fraction of sp³-hybridized carbons (Fsp3) is 0.405. The molecule has 5 aliphatic rings. The van der Waals surface area contributed by atoms with Crippen LogP contribution < -0.4 is 14.4 Å². The molecule has 0 unspecified atom stereocenters. The van der Waals surface area contributed by atoms with Gasteiger partial charge in [0.1, 0.15) is 34.8 Å². The number of ether oxygens (including phenoxy) is 2. The minimum absolute atomic E-state index is 0.0110. The van der Waals surface area contributed by atoms with Crippen molar-refractivity contribution in [1.82, 2.24) is 24.8 Å². The van der Waals surface area contributed by atoms with Gasteiger partial charge in [-0.2, -0.15) is 9.97 Å². The van der Waals surface area contributed by atoms with Crippen LogP contribution in [0.1, 0.15) is 37.7 Å². The van der Waals surface area contributed by atoms with Crippen molar-refractivity contribution in [2.75, 3.05) is 31.1 Å². The number of pyridine rings is 1. The van der Waals surface area contributed by atoms with E-state index >= 15 is 17.6 Å². The molecule has 262 valence electrons. The molecule has 51 heavy (non-hydrogen) atoms. The quantitative estimate of drug-likeness (QED) is 0.153. The summed E-state index contributed by atoms with van der Waals surface area (Å²) in [4.78, 5) is 31.3. The molecule has 0 aliphatic carbocycles. The Morgan fingerprint density at radius 3 is 2.78 bits per heavy atom. The molecule has 14 heteroatoms. The summed E-state index contributed by atoms with van der Waals surface area (Å²) in [5.41, 5.74) is -0.0487. The average molecular weight is 701 g/mol. The number of carboxylic acid groups (broad SMARTS) is 1. The first-order chi connectivity index (χ1) is 24.6. The second-order valence-corrected chi connectivity index (χ2v) is 13.9. The Kier molecular flexibility index (Phi) is 7.12. The van der Waals surface area contributed by atoms with Crippen LogP contribution in [0.3, 0.4) is 0 Å². The lowest BCUT2D eigenvalue weighted by molar-refractivity contribution is -0.0268. The Balaban J connectivity index is 1.28. The Hall–Kier alpha value is -5.16. The van der Waals surface area contributed by atoms with E-state index in [0.717, 1.165) is 37.9 Å². The van der Waals surface area contributed by atoms with Gasteiger partial charge in [0.05, 0.1) is 29.2 Å². The zero-order chi connectivity index (χ0) is 35.3. The maximum atomic E-state index is 17.2. The summed E-state index contributed by atoms with van der Waals surface area (Å²) in [6, 6.07) is 4.79. The van der Waals surface area contributed by atoms with Crippen molar-refractivity contribution in [3.05, 3.63) is 59.7 Å². The van der Waals surface area contributed by atoms with Crippen molar-refractivity contribution < 1.29 is 36.9 Å². The molecule has 2 aromatic carbocycles. The Bertz CT molecular complexity index is 2210. The molecular weight excluding hydrogens is 668 g/mol. The number of carbonyl (C=O) groups is 1. The third-order valence-corrected chi connectivity index (χ3v) is 11.5. The molecule has 0 spiro atoms. The summed E-state index contributed by atoms with van der Waals surface area (Å²) in [6.07, 6.45) is 2.90. The lowest BCUT2D eigenvalue weighted by Gasteiger charge is -2.47. The Labute approximate surface area is 289 Å². The first-order valence-electron chi connectivity index (χ1n) is 17.0. The highest BCUT2D eigenvalue weighted by Crippen LogP contribution is 2.48. The summed E-state index contributed by atoms with van der Waals surface area (Å²) in [6.45, 7) is 6.19. The van der Waals surface area contributed by atoms with Crippen LogP contribution in [0.5, 0.6) is 11.9 Å². The molecule has 9 rings (SSSR count). The summed E-state index contributed by atoms with van der Waals surface area (Å²) in [7, 11) is 0. The number of halogens is 4. The SMILES string of the molecule is C#Cc1c(F)ccc2cccc(-c3nc4c5c(nc(OC[C@]67CCCN6CCC7=C)nc5c3F)N3C[C@H]5CC[C@@H]([C@H]3[C@@H](C(F)F)O4)N5C(=O)O)c12. The normalized spacial score (nSPS) is 26.7. The molecule has 2 aromatic heterocycles. The van der Waals surface area contributed by atoms with Gasteiger partial charge >= 0.3 is 12.1 Å². The first kappa shape index (κ1) is 31.8. The van der Waals surface area contributed by atoms with Crippen molar-refractivity contribution in [3.63, 3.8) is 0 Å². The molecule has 10 nitrogen and oxygen atoms in total. The van der Waals surface area contributed by atoms with Crippen molar-refractivity contribution in [2.24, 2.45) is 0 Å². The van der Waals surface area contributed by atoms with E-state index in [0.29, 0.717) is 18.2 Å². The highest BCUT2D eigenvalue weighted by atomic mass is 19.3. The van der Waals surface area contributed by atoms with Crippen LogP contribution >= 0.6 is 0 Å². The van der Waals surface area contributed by atoms with Crippen molar-refractivity contribution in [3.8, 4) is 35.5 Å². The number of aromatic nitrogens is 3. The number of alkyl halides is 2. The van der Waals surface area contributed by atoms with Crippen molar-refractivity contribution >= 4 is 33.6 Å². The van der Waals surface area contributed by atoms with Gasteiger partial charge in [-0.25, -0.2) is 27.3 Å². The topological polar surface area (TPSA) is 104 Å². The van der Waals surface area contributed by atoms with Crippen molar-refractivity contribution in [2.45, 2.75) is 68.3 Å². The van der Waals surface area contributed by atoms with Crippen LogP contribution in [0.4, 0.5) is 28.2 Å². The van der Waals surface area contributed by atoms with E-state index in [1.807, 2.05) is 0 Å². The molecular formula is C37H32F4N6O4. The van der Waals surface area contributed by atoms with E-state index in [9.17, 15) is 9.90 Å². The van der Waals surface area contributed by atoms with Gasteiger partial charge in [0.15, 0.2) is 11.9 Å². The number of piperazine rings is 1. The Morgan fingerprint density at radius 1 is 1.16 bits per heavy atom. The van der Waals surface area contributed by atoms with Gasteiger partial charge in [-0.3, -0.25) is 9.80 Å². The number of fused-ring (bicyclic) bond motifs is 7. The van der Waals surface area contributed by atoms with Gasteiger partial charge in [-0.05, 0) is 50.1 Å². The molecule has 1 N–H and O–H groups in total. The highest BCUT2D eigenvalue weighted by Gasteiger charge is 2.56. The van der Waals surface area contributed by atoms with Crippen molar-refractivity contribution in [1.29, 1.82) is 0 Å². The van der Waals surface area contributed by atoms with E-state index in [1.165, 1.54) is 23.1 Å². The third kappa shape index (κ3) is 4.53. The summed E-state index contributed by atoms with van der Waals surface area (Å²) in [5, 5.41) is 10.8. The second-order valence-electron chi connectivity index (χ2n) is 13.9. The molecule has 0 radical (unpaired) electrons. The van der Waals surface area contributed by atoms with Gasteiger partial charge in [0, 0.05) is 24.0 Å². The zero-order valence-electron chi connectivity index (χ0n) is 27.3. The zero-order valence-corrected chi connectivity index (χ0v) is 27.3. The number of rotatable bonds is 5. The molecule has 4 fully saturated rings. The molecule has 1 amide bonds. The smallest absolute Gasteiger partial charge is 0.407 e. The Morgan fingerprint density at radius 2 is 2.00 bits per heavy atom. The fourth-order valence-corrected chi connectivity index (χ4v) is 9.25. The summed E-state index contributed by atoms with van der Waals surface area (Å²) < 4.78 is 74.9. The monoisotopic (exact) mass is 700 g/mol. The van der Waals surface area contributed by atoms with Gasteiger partial charge in [0.2, 0.25) is 5.88 Å².